The van der Waals surface area contributed by atoms with Crippen LogP contribution in [0, 0.1) is 0 Å². The van der Waals surface area contributed by atoms with Gasteiger partial charge in [0.05, 0.1) is 19.8 Å². The Hall–Kier alpha value is -1.46. The van der Waals surface area contributed by atoms with E-state index in [4.69, 9.17) is 9.47 Å². The highest BCUT2D eigenvalue weighted by atomic mass is 35.5. The predicted octanol–water partition coefficient (Wildman–Crippen LogP) is 1.85. The molecule has 1 aromatic carbocycles. The zero-order chi connectivity index (χ0) is 14.1. The van der Waals surface area contributed by atoms with Gasteiger partial charge in [-0.1, -0.05) is 6.92 Å². The zero-order valence-electron chi connectivity index (χ0n) is 12.2. The molecule has 1 rings (SSSR count). The summed E-state index contributed by atoms with van der Waals surface area (Å²) >= 11 is 0. The lowest BCUT2D eigenvalue weighted by Crippen LogP contribution is -2.32. The Kier molecular flexibility index (Phi) is 9.59. The van der Waals surface area contributed by atoms with E-state index in [1.807, 2.05) is 0 Å². The highest BCUT2D eigenvalue weighted by Crippen LogP contribution is 2.23. The molecule has 0 bridgehead atoms. The minimum Gasteiger partial charge on any atom is -0.497 e. The van der Waals surface area contributed by atoms with Crippen molar-refractivity contribution in [2.75, 3.05) is 33.9 Å². The van der Waals surface area contributed by atoms with Gasteiger partial charge in [-0.2, -0.15) is 0 Å². The first-order valence-electron chi connectivity index (χ1n) is 6.43. The van der Waals surface area contributed by atoms with Gasteiger partial charge in [-0.3, -0.25) is 4.79 Å². The summed E-state index contributed by atoms with van der Waals surface area (Å²) in [6, 6.07) is 5.16. The molecule has 0 heterocycles. The van der Waals surface area contributed by atoms with Crippen LogP contribution in [0.25, 0.3) is 0 Å². The van der Waals surface area contributed by atoms with Crippen molar-refractivity contribution in [1.82, 2.24) is 10.6 Å². The second-order valence-electron chi connectivity index (χ2n) is 4.07. The van der Waals surface area contributed by atoms with Gasteiger partial charge in [-0.25, -0.2) is 0 Å². The molecule has 5 nitrogen and oxygen atoms in total. The van der Waals surface area contributed by atoms with Crippen molar-refractivity contribution in [2.24, 2.45) is 0 Å². The highest BCUT2D eigenvalue weighted by molar-refractivity contribution is 5.97. The summed E-state index contributed by atoms with van der Waals surface area (Å²) < 4.78 is 10.3. The Labute approximate surface area is 126 Å². The lowest BCUT2D eigenvalue weighted by Gasteiger charge is -2.11. The van der Waals surface area contributed by atoms with E-state index in [-0.39, 0.29) is 18.3 Å². The number of carbonyl (C=O) groups excluding carboxylic acids is 1. The number of halogens is 1. The minimum absolute atomic E-state index is 0. The molecule has 114 valence electrons. The maximum absolute atomic E-state index is 12.1. The van der Waals surface area contributed by atoms with Crippen LogP contribution in [0.2, 0.25) is 0 Å². The number of methoxy groups -OCH3 is 2. The van der Waals surface area contributed by atoms with Gasteiger partial charge in [-0.15, -0.1) is 12.4 Å². The Morgan fingerprint density at radius 2 is 1.90 bits per heavy atom. The van der Waals surface area contributed by atoms with Crippen LogP contribution in [-0.2, 0) is 0 Å². The third kappa shape index (κ3) is 5.67. The van der Waals surface area contributed by atoms with Gasteiger partial charge in [0.25, 0.3) is 5.91 Å². The molecule has 0 unspecified atom stereocenters. The summed E-state index contributed by atoms with van der Waals surface area (Å²) in [5.74, 6) is 1.02. The summed E-state index contributed by atoms with van der Waals surface area (Å²) in [7, 11) is 3.11. The molecular formula is C14H23ClN2O3. The van der Waals surface area contributed by atoms with Crippen LogP contribution in [0.3, 0.4) is 0 Å². The monoisotopic (exact) mass is 302 g/mol. The normalized spacial score (nSPS) is 9.55. The summed E-state index contributed by atoms with van der Waals surface area (Å²) in [6.45, 7) is 4.40. The number of amides is 1. The van der Waals surface area contributed by atoms with Crippen LogP contribution in [0.1, 0.15) is 23.7 Å². The molecule has 1 amide bonds. The van der Waals surface area contributed by atoms with Crippen LogP contribution in [-0.4, -0.2) is 39.8 Å². The molecule has 20 heavy (non-hydrogen) atoms. The average Bonchev–Trinajstić information content (AvgIpc) is 2.46. The standard InChI is InChI=1S/C14H22N2O3.ClH/c1-4-7-15-8-9-16-14(17)12-10-11(18-2)5-6-13(12)19-3;/h5-6,10,15H,4,7-9H2,1-3H3,(H,16,17);1H. The molecule has 0 fully saturated rings. The fourth-order valence-electron chi connectivity index (χ4n) is 1.65. The molecule has 0 aliphatic heterocycles. The lowest BCUT2D eigenvalue weighted by atomic mass is 10.1. The SMILES string of the molecule is CCCNCCNC(=O)c1cc(OC)ccc1OC.Cl. The van der Waals surface area contributed by atoms with Crippen molar-refractivity contribution >= 4 is 18.3 Å². The van der Waals surface area contributed by atoms with Crippen molar-refractivity contribution in [3.63, 3.8) is 0 Å². The highest BCUT2D eigenvalue weighted by Gasteiger charge is 2.12. The Morgan fingerprint density at radius 3 is 2.50 bits per heavy atom. The topological polar surface area (TPSA) is 59.6 Å². The van der Waals surface area contributed by atoms with Crippen molar-refractivity contribution in [2.45, 2.75) is 13.3 Å². The maximum atomic E-state index is 12.1. The van der Waals surface area contributed by atoms with E-state index < -0.39 is 0 Å². The molecule has 0 aliphatic rings. The molecule has 1 aromatic rings. The summed E-state index contributed by atoms with van der Waals surface area (Å²) in [4.78, 5) is 12.1. The number of hydrogen-bond donors (Lipinski definition) is 2. The van der Waals surface area contributed by atoms with Crippen molar-refractivity contribution < 1.29 is 14.3 Å². The third-order valence-electron chi connectivity index (χ3n) is 2.67. The van der Waals surface area contributed by atoms with Crippen molar-refractivity contribution in [3.05, 3.63) is 23.8 Å². The second kappa shape index (κ2) is 10.3. The quantitative estimate of drug-likeness (QED) is 0.720. The van der Waals surface area contributed by atoms with Gasteiger partial charge < -0.3 is 20.1 Å². The van der Waals surface area contributed by atoms with E-state index in [1.54, 1.807) is 32.4 Å². The van der Waals surface area contributed by atoms with Crippen molar-refractivity contribution in [3.8, 4) is 11.5 Å². The van der Waals surface area contributed by atoms with E-state index in [0.717, 1.165) is 19.5 Å². The number of nitrogens with one attached hydrogen (secondary N) is 2. The molecule has 0 atom stereocenters. The van der Waals surface area contributed by atoms with E-state index >= 15 is 0 Å². The van der Waals surface area contributed by atoms with Gasteiger partial charge in [0.1, 0.15) is 11.5 Å². The van der Waals surface area contributed by atoms with E-state index in [9.17, 15) is 4.79 Å². The Morgan fingerprint density at radius 1 is 1.15 bits per heavy atom. The van der Waals surface area contributed by atoms with Gasteiger partial charge in [0.15, 0.2) is 0 Å². The van der Waals surface area contributed by atoms with Crippen LogP contribution in [0.4, 0.5) is 0 Å². The fraction of sp³-hybridized carbons (Fsp3) is 0.500. The molecule has 0 aliphatic carbocycles. The summed E-state index contributed by atoms with van der Waals surface area (Å²) in [5, 5.41) is 6.07. The largest absolute Gasteiger partial charge is 0.497 e. The van der Waals surface area contributed by atoms with Crippen LogP contribution >= 0.6 is 12.4 Å². The third-order valence-corrected chi connectivity index (χ3v) is 2.67. The Bertz CT molecular complexity index is 413. The maximum Gasteiger partial charge on any atom is 0.255 e. The fourth-order valence-corrected chi connectivity index (χ4v) is 1.65. The average molecular weight is 303 g/mol. The van der Waals surface area contributed by atoms with Gasteiger partial charge in [0, 0.05) is 13.1 Å². The van der Waals surface area contributed by atoms with Crippen LogP contribution in [0.5, 0.6) is 11.5 Å². The van der Waals surface area contributed by atoms with E-state index in [1.165, 1.54) is 0 Å². The molecule has 0 radical (unpaired) electrons. The smallest absolute Gasteiger partial charge is 0.255 e. The molecule has 0 saturated heterocycles. The second-order valence-corrected chi connectivity index (χ2v) is 4.07. The van der Waals surface area contributed by atoms with Crippen LogP contribution in [0.15, 0.2) is 18.2 Å². The molecule has 0 saturated carbocycles. The van der Waals surface area contributed by atoms with Gasteiger partial charge in [0.2, 0.25) is 0 Å². The number of ether oxygens (including phenoxy) is 2. The van der Waals surface area contributed by atoms with Gasteiger partial charge >= 0.3 is 0 Å². The van der Waals surface area contributed by atoms with E-state index in [0.29, 0.717) is 23.6 Å². The van der Waals surface area contributed by atoms with Gasteiger partial charge in [-0.05, 0) is 31.2 Å². The molecule has 6 heteroatoms. The minimum atomic E-state index is -0.158. The number of benzene rings is 1. The number of carbonyl (C=O) groups is 1. The number of rotatable bonds is 8. The van der Waals surface area contributed by atoms with E-state index in [2.05, 4.69) is 17.6 Å². The lowest BCUT2D eigenvalue weighted by molar-refractivity contribution is 0.0950. The van der Waals surface area contributed by atoms with Crippen molar-refractivity contribution in [1.29, 1.82) is 0 Å². The van der Waals surface area contributed by atoms with Crippen LogP contribution < -0.4 is 20.1 Å². The number of hydrogen-bond acceptors (Lipinski definition) is 4. The summed E-state index contributed by atoms with van der Waals surface area (Å²) in [6.07, 6.45) is 1.08. The molecule has 2 N–H and O–H groups in total. The summed E-state index contributed by atoms with van der Waals surface area (Å²) in [5.41, 5.74) is 0.484. The first-order chi connectivity index (χ1) is 9.22. The zero-order valence-corrected chi connectivity index (χ0v) is 13.0. The first kappa shape index (κ1) is 18.5. The Balaban J connectivity index is 0.00000361. The molecule has 0 spiro atoms. The molecule has 0 aromatic heterocycles. The predicted molar refractivity (Wildman–Crippen MR) is 82.3 cm³/mol. The first-order valence-corrected chi connectivity index (χ1v) is 6.43. The molecular weight excluding hydrogens is 280 g/mol.